The minimum atomic E-state index is -3.65. The third kappa shape index (κ3) is 3.62. The van der Waals surface area contributed by atoms with Gasteiger partial charge >= 0.3 is 12.1 Å². The molecule has 1 aromatic heterocycles. The first-order chi connectivity index (χ1) is 11.8. The summed E-state index contributed by atoms with van der Waals surface area (Å²) in [7, 11) is -3.65. The average molecular weight is 381 g/mol. The van der Waals surface area contributed by atoms with E-state index in [4.69, 9.17) is 0 Å². The Hall–Kier alpha value is -2.13. The van der Waals surface area contributed by atoms with Gasteiger partial charge < -0.3 is 5.32 Å². The Balaban J connectivity index is 1.64. The molecular weight excluding hydrogens is 362 g/mol. The van der Waals surface area contributed by atoms with Crippen LogP contribution in [0.25, 0.3) is 10.1 Å². The van der Waals surface area contributed by atoms with Gasteiger partial charge in [0.25, 0.3) is 0 Å². The van der Waals surface area contributed by atoms with Crippen molar-refractivity contribution in [2.24, 2.45) is 0 Å². The second kappa shape index (κ2) is 6.64. The summed E-state index contributed by atoms with van der Waals surface area (Å²) in [5, 5.41) is 6.01. The minimum Gasteiger partial charge on any atom is -0.335 e. The molecule has 0 unspecified atom stereocenters. The first-order valence-electron chi connectivity index (χ1n) is 7.82. The number of benzene rings is 1. The lowest BCUT2D eigenvalue weighted by Gasteiger charge is -2.19. The molecule has 1 aliphatic heterocycles. The summed E-state index contributed by atoms with van der Waals surface area (Å²) in [6.07, 6.45) is 1.59. The predicted octanol–water partition coefficient (Wildman–Crippen LogP) is 2.24. The molecule has 134 valence electrons. The van der Waals surface area contributed by atoms with Crippen molar-refractivity contribution in [2.75, 3.05) is 19.3 Å². The number of hydrogen-bond donors (Lipinski definition) is 1. The third-order valence-electron chi connectivity index (χ3n) is 4.07. The highest BCUT2D eigenvalue weighted by molar-refractivity contribution is 7.88. The summed E-state index contributed by atoms with van der Waals surface area (Å²) in [5.74, 6) is 0. The van der Waals surface area contributed by atoms with Crippen molar-refractivity contribution < 1.29 is 18.0 Å². The summed E-state index contributed by atoms with van der Waals surface area (Å²) < 4.78 is 24.9. The van der Waals surface area contributed by atoms with Gasteiger partial charge in [0.1, 0.15) is 0 Å². The molecule has 1 fully saturated rings. The monoisotopic (exact) mass is 381 g/mol. The summed E-state index contributed by atoms with van der Waals surface area (Å²) in [5.41, 5.74) is 1.14. The van der Waals surface area contributed by atoms with Crippen molar-refractivity contribution in [3.63, 3.8) is 0 Å². The van der Waals surface area contributed by atoms with E-state index in [1.54, 1.807) is 11.3 Å². The van der Waals surface area contributed by atoms with Gasteiger partial charge in [0.05, 0.1) is 19.3 Å². The zero-order valence-corrected chi connectivity index (χ0v) is 15.6. The fourth-order valence-electron chi connectivity index (χ4n) is 2.87. The molecule has 9 heteroatoms. The van der Waals surface area contributed by atoms with E-state index in [0.29, 0.717) is 10.7 Å². The molecule has 0 aliphatic carbocycles. The molecule has 0 spiro atoms. The van der Waals surface area contributed by atoms with Crippen molar-refractivity contribution in [1.82, 2.24) is 14.5 Å². The average Bonchev–Trinajstić information content (AvgIpc) is 3.11. The van der Waals surface area contributed by atoms with Gasteiger partial charge in [0.15, 0.2) is 0 Å². The number of amides is 4. The van der Waals surface area contributed by atoms with E-state index >= 15 is 0 Å². The number of carbonyl (C=O) groups excluding carboxylic acids is 2. The zero-order valence-electron chi connectivity index (χ0n) is 13.9. The number of rotatable bonds is 4. The maximum Gasteiger partial charge on any atom is 0.341 e. The van der Waals surface area contributed by atoms with Gasteiger partial charge in [-0.2, -0.15) is 0 Å². The van der Waals surface area contributed by atoms with Crippen molar-refractivity contribution in [3.05, 3.63) is 35.2 Å². The van der Waals surface area contributed by atoms with E-state index in [9.17, 15) is 18.0 Å². The lowest BCUT2D eigenvalue weighted by atomic mass is 10.1. The SMILES string of the molecule is C[C@@H](Cc1csc2ccccc12)NC(=O)N1CCN(S(C)(=O)=O)C1=O. The summed E-state index contributed by atoms with van der Waals surface area (Å²) in [4.78, 5) is 25.3. The number of thiophene rings is 1. The Morgan fingerprint density at radius 1 is 1.32 bits per heavy atom. The van der Waals surface area contributed by atoms with Gasteiger partial charge in [0, 0.05) is 10.7 Å². The highest BCUT2D eigenvalue weighted by Crippen LogP contribution is 2.26. The number of sulfonamides is 1. The second-order valence-corrected chi connectivity index (χ2v) is 8.90. The first-order valence-corrected chi connectivity index (χ1v) is 10.5. The van der Waals surface area contributed by atoms with Gasteiger partial charge in [-0.3, -0.25) is 0 Å². The normalized spacial score (nSPS) is 16.5. The highest BCUT2D eigenvalue weighted by Gasteiger charge is 2.38. The maximum atomic E-state index is 12.3. The molecule has 1 aromatic carbocycles. The fraction of sp³-hybridized carbons (Fsp3) is 0.375. The molecule has 0 radical (unpaired) electrons. The van der Waals surface area contributed by atoms with E-state index in [1.807, 2.05) is 25.1 Å². The van der Waals surface area contributed by atoms with Crippen LogP contribution in [-0.4, -0.2) is 55.1 Å². The van der Waals surface area contributed by atoms with Crippen LogP contribution in [0.4, 0.5) is 9.59 Å². The Morgan fingerprint density at radius 3 is 2.72 bits per heavy atom. The van der Waals surface area contributed by atoms with Crippen molar-refractivity contribution in [2.45, 2.75) is 19.4 Å². The number of fused-ring (bicyclic) bond motifs is 1. The molecule has 0 saturated carbocycles. The molecule has 0 bridgehead atoms. The molecular formula is C16H19N3O4S2. The van der Waals surface area contributed by atoms with E-state index in [0.717, 1.165) is 22.1 Å². The Morgan fingerprint density at radius 2 is 2.04 bits per heavy atom. The Bertz CT molecular complexity index is 922. The molecule has 3 rings (SSSR count). The number of imide groups is 1. The van der Waals surface area contributed by atoms with Crippen molar-refractivity contribution >= 4 is 43.5 Å². The molecule has 2 aromatic rings. The second-order valence-electron chi connectivity index (χ2n) is 6.08. The smallest absolute Gasteiger partial charge is 0.335 e. The van der Waals surface area contributed by atoms with Crippen molar-refractivity contribution in [3.8, 4) is 0 Å². The summed E-state index contributed by atoms with van der Waals surface area (Å²) in [6, 6.07) is 6.51. The van der Waals surface area contributed by atoms with Gasteiger partial charge in [-0.05, 0) is 35.7 Å². The molecule has 25 heavy (non-hydrogen) atoms. The third-order valence-corrected chi connectivity index (χ3v) is 6.23. The first kappa shape index (κ1) is 17.7. The zero-order chi connectivity index (χ0) is 18.2. The molecule has 7 nitrogen and oxygen atoms in total. The van der Waals surface area contributed by atoms with Crippen molar-refractivity contribution in [1.29, 1.82) is 0 Å². The van der Waals surface area contributed by atoms with Crippen LogP contribution in [0.15, 0.2) is 29.6 Å². The van der Waals surface area contributed by atoms with Crippen LogP contribution in [0, 0.1) is 0 Å². The topological polar surface area (TPSA) is 86.8 Å². The van der Waals surface area contributed by atoms with E-state index in [1.165, 1.54) is 4.70 Å². The van der Waals surface area contributed by atoms with Crippen LogP contribution in [0.5, 0.6) is 0 Å². The number of hydrogen-bond acceptors (Lipinski definition) is 5. The molecule has 1 aliphatic rings. The molecule has 2 heterocycles. The number of urea groups is 2. The van der Waals surface area contributed by atoms with E-state index in [-0.39, 0.29) is 19.1 Å². The molecule has 1 atom stereocenters. The number of nitrogens with zero attached hydrogens (tertiary/aromatic N) is 2. The van der Waals surface area contributed by atoms with Gasteiger partial charge in [-0.1, -0.05) is 18.2 Å². The van der Waals surface area contributed by atoms with Crippen LogP contribution >= 0.6 is 11.3 Å². The number of nitrogens with one attached hydrogen (secondary N) is 1. The minimum absolute atomic E-state index is 0.00532. The van der Waals surface area contributed by atoms with Crippen LogP contribution < -0.4 is 5.32 Å². The van der Waals surface area contributed by atoms with Crippen LogP contribution in [-0.2, 0) is 16.4 Å². The van der Waals surface area contributed by atoms with Gasteiger partial charge in [0.2, 0.25) is 10.0 Å². The molecule has 4 amide bonds. The Kier molecular flexibility index (Phi) is 4.70. The lowest BCUT2D eigenvalue weighted by Crippen LogP contribution is -2.46. The number of carbonyl (C=O) groups is 2. The summed E-state index contributed by atoms with van der Waals surface area (Å²) >= 11 is 1.65. The maximum absolute atomic E-state index is 12.3. The standard InChI is InChI=1S/C16H19N3O4S2/c1-11(9-12-10-24-14-6-4-3-5-13(12)14)17-15(20)18-7-8-19(16(18)21)25(2,22)23/h3-6,10-11H,7-9H2,1-2H3,(H,17,20)/t11-/m0/s1. The fourth-order valence-corrected chi connectivity index (χ4v) is 4.64. The lowest BCUT2D eigenvalue weighted by molar-refractivity contribution is 0.192. The Labute approximate surface area is 150 Å². The van der Waals surface area contributed by atoms with Gasteiger partial charge in [-0.25, -0.2) is 27.2 Å². The highest BCUT2D eigenvalue weighted by atomic mass is 32.2. The quantitative estimate of drug-likeness (QED) is 0.880. The summed E-state index contributed by atoms with van der Waals surface area (Å²) in [6.45, 7) is 1.92. The molecule has 1 N–H and O–H groups in total. The van der Waals surface area contributed by atoms with Crippen LogP contribution in [0.2, 0.25) is 0 Å². The van der Waals surface area contributed by atoms with E-state index in [2.05, 4.69) is 16.8 Å². The van der Waals surface area contributed by atoms with E-state index < -0.39 is 22.1 Å². The van der Waals surface area contributed by atoms with Crippen LogP contribution in [0.3, 0.4) is 0 Å². The van der Waals surface area contributed by atoms with Gasteiger partial charge in [-0.15, -0.1) is 11.3 Å². The van der Waals surface area contributed by atoms with Crippen LogP contribution in [0.1, 0.15) is 12.5 Å². The molecule has 1 saturated heterocycles. The predicted molar refractivity (Wildman–Crippen MR) is 97.2 cm³/mol. The largest absolute Gasteiger partial charge is 0.341 e.